The molecule has 4 rings (SSSR count). The molecule has 7 nitrogen and oxygen atoms in total. The van der Waals surface area contributed by atoms with Crippen molar-refractivity contribution >= 4 is 28.3 Å². The zero-order valence-electron chi connectivity index (χ0n) is 21.9. The van der Waals surface area contributed by atoms with Crippen molar-refractivity contribution in [2.45, 2.75) is 52.0 Å². The number of benzene rings is 2. The number of carbonyl (C=O) groups is 1. The van der Waals surface area contributed by atoms with Gasteiger partial charge in [0.05, 0.1) is 31.5 Å². The van der Waals surface area contributed by atoms with E-state index in [0.717, 1.165) is 16.5 Å². The number of esters is 1. The van der Waals surface area contributed by atoms with Gasteiger partial charge in [0.25, 0.3) is 0 Å². The van der Waals surface area contributed by atoms with E-state index < -0.39 is 21.9 Å². The fourth-order valence-corrected chi connectivity index (χ4v) is 4.56. The number of pyridine rings is 1. The van der Waals surface area contributed by atoms with E-state index >= 15 is 4.39 Å². The summed E-state index contributed by atoms with van der Waals surface area (Å²) < 4.78 is 46.9. The van der Waals surface area contributed by atoms with Crippen LogP contribution in [0.3, 0.4) is 0 Å². The largest absolute Gasteiger partial charge is 0.598 e. The Morgan fingerprint density at radius 3 is 2.71 bits per heavy atom. The number of hydrogen-bond donors (Lipinski definition) is 1. The van der Waals surface area contributed by atoms with E-state index in [4.69, 9.17) is 13.9 Å². The van der Waals surface area contributed by atoms with Crippen LogP contribution in [-0.2, 0) is 40.5 Å². The first kappa shape index (κ1) is 27.6. The molecule has 1 unspecified atom stereocenters. The summed E-state index contributed by atoms with van der Waals surface area (Å²) in [5.41, 5.74) is 3.38. The summed E-state index contributed by atoms with van der Waals surface area (Å²) in [6.45, 7) is 7.86. The molecule has 0 aliphatic heterocycles. The van der Waals surface area contributed by atoms with Crippen LogP contribution in [0, 0.1) is 5.82 Å². The molecule has 0 bridgehead atoms. The van der Waals surface area contributed by atoms with Crippen LogP contribution >= 0.6 is 0 Å². The average Bonchev–Trinajstić information content (AvgIpc) is 3.29. The van der Waals surface area contributed by atoms with Gasteiger partial charge in [-0.25, -0.2) is 4.39 Å². The van der Waals surface area contributed by atoms with Gasteiger partial charge < -0.3 is 18.4 Å². The normalized spacial score (nSPS) is 12.5. The van der Waals surface area contributed by atoms with Crippen LogP contribution in [0.1, 0.15) is 44.5 Å². The van der Waals surface area contributed by atoms with Crippen molar-refractivity contribution in [1.29, 1.82) is 0 Å². The van der Waals surface area contributed by atoms with Gasteiger partial charge in [0.2, 0.25) is 0 Å². The predicted octanol–water partition coefficient (Wildman–Crippen LogP) is 5.87. The second-order valence-corrected chi connectivity index (χ2v) is 11.7. The van der Waals surface area contributed by atoms with Gasteiger partial charge in [0.1, 0.15) is 22.7 Å². The molecule has 4 aromatic rings. The maximum absolute atomic E-state index is 15.4. The van der Waals surface area contributed by atoms with Gasteiger partial charge in [-0.2, -0.15) is 0 Å². The molecule has 0 spiro atoms. The van der Waals surface area contributed by atoms with Crippen molar-refractivity contribution in [3.63, 3.8) is 0 Å². The Hall–Kier alpha value is -3.40. The maximum atomic E-state index is 15.4. The van der Waals surface area contributed by atoms with Gasteiger partial charge in [-0.3, -0.25) is 9.78 Å². The molecule has 0 fully saturated rings. The molecule has 38 heavy (non-hydrogen) atoms. The number of carbonyl (C=O) groups excluding carboxylic acids is 1. The zero-order valence-corrected chi connectivity index (χ0v) is 22.7. The fraction of sp³-hybridized carbons (Fsp3) is 0.310. The SMILES string of the molecule is CCOC(=O)Cc1ccccc1OCc1coc2ccc(-c3ccnc(CN[S+]([O-])C(C)(C)C)c3F)cc12. The molecule has 2 aromatic heterocycles. The van der Waals surface area contributed by atoms with Crippen LogP contribution in [0.15, 0.2) is 65.4 Å². The quantitative estimate of drug-likeness (QED) is 0.199. The van der Waals surface area contributed by atoms with Gasteiger partial charge in [0, 0.05) is 39.6 Å². The molecule has 0 aliphatic rings. The van der Waals surface area contributed by atoms with Crippen LogP contribution < -0.4 is 9.46 Å². The van der Waals surface area contributed by atoms with Gasteiger partial charge in [-0.05, 0) is 57.5 Å². The first-order valence-corrected chi connectivity index (χ1v) is 13.5. The van der Waals surface area contributed by atoms with Gasteiger partial charge in [0.15, 0.2) is 5.82 Å². The number of para-hydroxylation sites is 1. The topological polar surface area (TPSA) is 96.7 Å². The number of halogens is 1. The predicted molar refractivity (Wildman–Crippen MR) is 145 cm³/mol. The lowest BCUT2D eigenvalue weighted by Gasteiger charge is -2.23. The molecule has 2 aromatic carbocycles. The molecule has 200 valence electrons. The summed E-state index contributed by atoms with van der Waals surface area (Å²) in [6, 6.07) is 14.3. The van der Waals surface area contributed by atoms with Gasteiger partial charge in [-0.1, -0.05) is 24.3 Å². The van der Waals surface area contributed by atoms with Gasteiger partial charge >= 0.3 is 5.97 Å². The van der Waals surface area contributed by atoms with Crippen LogP contribution in [-0.4, -0.2) is 26.9 Å². The smallest absolute Gasteiger partial charge is 0.310 e. The third-order valence-electron chi connectivity index (χ3n) is 5.85. The molecule has 1 atom stereocenters. The highest BCUT2D eigenvalue weighted by Crippen LogP contribution is 2.31. The number of aromatic nitrogens is 1. The summed E-state index contributed by atoms with van der Waals surface area (Å²) in [4.78, 5) is 16.1. The summed E-state index contributed by atoms with van der Waals surface area (Å²) in [6.07, 6.45) is 3.27. The second-order valence-electron chi connectivity index (χ2n) is 9.67. The minimum atomic E-state index is -1.35. The van der Waals surface area contributed by atoms with E-state index in [0.29, 0.717) is 29.1 Å². The third-order valence-corrected chi connectivity index (χ3v) is 7.37. The number of rotatable bonds is 10. The van der Waals surface area contributed by atoms with Crippen molar-refractivity contribution in [3.05, 3.63) is 83.6 Å². The minimum Gasteiger partial charge on any atom is -0.598 e. The van der Waals surface area contributed by atoms with Crippen molar-refractivity contribution in [1.82, 2.24) is 9.71 Å². The number of nitrogens with zero attached hydrogens (tertiary/aromatic N) is 1. The van der Waals surface area contributed by atoms with Crippen LogP contribution in [0.4, 0.5) is 4.39 Å². The number of fused-ring (bicyclic) bond motifs is 1. The molecule has 0 radical (unpaired) electrons. The highest BCUT2D eigenvalue weighted by molar-refractivity contribution is 7.90. The lowest BCUT2D eigenvalue weighted by molar-refractivity contribution is -0.142. The van der Waals surface area contributed by atoms with Crippen molar-refractivity contribution in [3.8, 4) is 16.9 Å². The molecule has 1 N–H and O–H groups in total. The van der Waals surface area contributed by atoms with E-state index in [1.807, 2.05) is 45.0 Å². The van der Waals surface area contributed by atoms with Crippen LogP contribution in [0.25, 0.3) is 22.1 Å². The maximum Gasteiger partial charge on any atom is 0.310 e. The molecule has 2 heterocycles. The fourth-order valence-electron chi connectivity index (χ4n) is 3.86. The Morgan fingerprint density at radius 2 is 1.95 bits per heavy atom. The Bertz CT molecular complexity index is 1420. The summed E-state index contributed by atoms with van der Waals surface area (Å²) in [5.74, 6) is -0.212. The Morgan fingerprint density at radius 1 is 1.16 bits per heavy atom. The van der Waals surface area contributed by atoms with Crippen molar-refractivity contribution in [2.24, 2.45) is 0 Å². The molecular formula is C29H31FN2O5S. The zero-order chi connectivity index (χ0) is 27.3. The lowest BCUT2D eigenvalue weighted by Crippen LogP contribution is -2.39. The average molecular weight is 539 g/mol. The first-order valence-electron chi connectivity index (χ1n) is 12.3. The summed E-state index contributed by atoms with van der Waals surface area (Å²) >= 11 is -1.35. The first-order chi connectivity index (χ1) is 18.2. The molecule has 0 aliphatic carbocycles. The highest BCUT2D eigenvalue weighted by Gasteiger charge is 2.27. The van der Waals surface area contributed by atoms with E-state index in [1.165, 1.54) is 0 Å². The summed E-state index contributed by atoms with van der Waals surface area (Å²) in [7, 11) is 0. The Balaban J connectivity index is 1.55. The van der Waals surface area contributed by atoms with Crippen molar-refractivity contribution < 1.29 is 27.6 Å². The Kier molecular flexibility index (Phi) is 8.71. The lowest BCUT2D eigenvalue weighted by atomic mass is 10.0. The van der Waals surface area contributed by atoms with Crippen molar-refractivity contribution in [2.75, 3.05) is 6.61 Å². The van der Waals surface area contributed by atoms with E-state index in [-0.39, 0.29) is 31.2 Å². The molecule has 0 saturated carbocycles. The summed E-state index contributed by atoms with van der Waals surface area (Å²) in [5, 5.41) is 0.787. The molecular weight excluding hydrogens is 507 g/mol. The van der Waals surface area contributed by atoms with E-state index in [9.17, 15) is 9.35 Å². The third kappa shape index (κ3) is 6.53. The van der Waals surface area contributed by atoms with E-state index in [1.54, 1.807) is 43.6 Å². The standard InChI is InChI=1S/C29H31FN2O5S/c1-5-35-27(33)15-20-8-6-7-9-25(20)36-17-21-18-37-26-11-10-19(14-23(21)26)22-12-13-31-24(28(22)30)16-32-38(34)29(2,3)4/h6-14,18,32H,5,15-17H2,1-4H3. The minimum absolute atomic E-state index is 0.0435. The molecule has 0 amide bonds. The van der Waals surface area contributed by atoms with Crippen LogP contribution in [0.2, 0.25) is 0 Å². The molecule has 0 saturated heterocycles. The number of hydrogen-bond acceptors (Lipinski definition) is 7. The number of ether oxygens (including phenoxy) is 2. The second kappa shape index (κ2) is 12.0. The number of nitrogens with one attached hydrogen (secondary N) is 1. The monoisotopic (exact) mass is 538 g/mol. The number of furan rings is 1. The van der Waals surface area contributed by atoms with Crippen LogP contribution in [0.5, 0.6) is 5.75 Å². The van der Waals surface area contributed by atoms with Gasteiger partial charge in [-0.15, -0.1) is 4.72 Å². The molecule has 9 heteroatoms. The van der Waals surface area contributed by atoms with E-state index in [2.05, 4.69) is 9.71 Å². The highest BCUT2D eigenvalue weighted by atomic mass is 32.2. The Labute approximate surface area is 224 Å².